The number of aldehydes is 1. The van der Waals surface area contributed by atoms with Gasteiger partial charge in [-0.15, -0.1) is 0 Å². The molecule has 100 valence electrons. The second kappa shape index (κ2) is 4.80. The van der Waals surface area contributed by atoms with E-state index >= 15 is 0 Å². The Morgan fingerprint density at radius 1 is 1.44 bits per heavy atom. The summed E-state index contributed by atoms with van der Waals surface area (Å²) >= 11 is 0. The first-order chi connectivity index (χ1) is 8.20. The van der Waals surface area contributed by atoms with Crippen LogP contribution in [0.15, 0.2) is 16.9 Å². The van der Waals surface area contributed by atoms with Crippen molar-refractivity contribution in [2.45, 2.75) is 38.8 Å². The number of amides is 1. The third-order valence-corrected chi connectivity index (χ3v) is 2.55. The molecule has 0 N–H and O–H groups in total. The minimum Gasteiger partial charge on any atom is -0.444 e. The van der Waals surface area contributed by atoms with Gasteiger partial charge in [0.1, 0.15) is 23.1 Å². The molecule has 1 aromatic rings. The molecule has 0 spiro atoms. The van der Waals surface area contributed by atoms with Crippen LogP contribution in [0.3, 0.4) is 0 Å². The molecule has 0 fully saturated rings. The smallest absolute Gasteiger partial charge is 0.411 e. The lowest BCUT2D eigenvalue weighted by atomic mass is 9.98. The van der Waals surface area contributed by atoms with Gasteiger partial charge in [-0.25, -0.2) is 4.79 Å². The summed E-state index contributed by atoms with van der Waals surface area (Å²) in [4.78, 5) is 24.4. The van der Waals surface area contributed by atoms with E-state index in [1.54, 1.807) is 27.7 Å². The monoisotopic (exact) mass is 254 g/mol. The second-order valence-corrected chi connectivity index (χ2v) is 5.19. The van der Waals surface area contributed by atoms with Crippen molar-refractivity contribution < 1.29 is 18.8 Å². The van der Waals surface area contributed by atoms with Crippen LogP contribution in [0.4, 0.5) is 4.79 Å². The van der Waals surface area contributed by atoms with Crippen molar-refractivity contribution in [2.24, 2.45) is 0 Å². The third-order valence-electron chi connectivity index (χ3n) is 2.55. The van der Waals surface area contributed by atoms with Gasteiger partial charge in [0.05, 0.1) is 0 Å². The van der Waals surface area contributed by atoms with Gasteiger partial charge >= 0.3 is 6.09 Å². The molecule has 6 nitrogen and oxygen atoms in total. The van der Waals surface area contributed by atoms with Crippen LogP contribution in [0, 0.1) is 0 Å². The largest absolute Gasteiger partial charge is 0.444 e. The molecule has 0 aromatic carbocycles. The highest BCUT2D eigenvalue weighted by atomic mass is 16.6. The van der Waals surface area contributed by atoms with Crippen LogP contribution < -0.4 is 0 Å². The molecule has 1 unspecified atom stereocenters. The molecule has 0 saturated carbocycles. The molecular formula is C12H18N2O4. The third kappa shape index (κ3) is 2.88. The highest BCUT2D eigenvalue weighted by Crippen LogP contribution is 2.25. The highest BCUT2D eigenvalue weighted by molar-refractivity contribution is 5.77. The minimum absolute atomic E-state index is 0.353. The zero-order valence-corrected chi connectivity index (χ0v) is 11.3. The molecule has 1 rings (SSSR count). The Bertz CT molecular complexity index is 422. The number of nitrogens with zero attached hydrogens (tertiary/aromatic N) is 2. The van der Waals surface area contributed by atoms with Crippen molar-refractivity contribution in [1.29, 1.82) is 0 Å². The van der Waals surface area contributed by atoms with Crippen molar-refractivity contribution in [2.75, 3.05) is 7.05 Å². The summed E-state index contributed by atoms with van der Waals surface area (Å²) in [5.41, 5.74) is -1.49. The molecule has 1 heterocycles. The molecular weight excluding hydrogens is 236 g/mol. The average molecular weight is 254 g/mol. The van der Waals surface area contributed by atoms with Crippen LogP contribution in [0.5, 0.6) is 0 Å². The summed E-state index contributed by atoms with van der Waals surface area (Å²) in [6.07, 6.45) is 1.38. The molecule has 1 atom stereocenters. The Morgan fingerprint density at radius 3 is 2.44 bits per heavy atom. The quantitative estimate of drug-likeness (QED) is 0.771. The molecule has 0 aliphatic carbocycles. The molecule has 1 amide bonds. The van der Waals surface area contributed by atoms with E-state index in [0.29, 0.717) is 12.0 Å². The van der Waals surface area contributed by atoms with Gasteiger partial charge in [0, 0.05) is 13.1 Å². The molecule has 6 heteroatoms. The summed E-state index contributed by atoms with van der Waals surface area (Å²) in [6.45, 7) is 6.84. The summed E-state index contributed by atoms with van der Waals surface area (Å²) in [5.74, 6) is 0. The number of ether oxygens (including phenoxy) is 1. The summed E-state index contributed by atoms with van der Waals surface area (Å²) in [5, 5.41) is 3.70. The van der Waals surface area contributed by atoms with Crippen molar-refractivity contribution in [3.63, 3.8) is 0 Å². The van der Waals surface area contributed by atoms with Crippen molar-refractivity contribution >= 4 is 12.4 Å². The maximum Gasteiger partial charge on any atom is 0.411 e. The zero-order chi connectivity index (χ0) is 14.0. The van der Waals surface area contributed by atoms with E-state index in [2.05, 4.69) is 5.16 Å². The number of hydrogen-bond donors (Lipinski definition) is 0. The number of likely N-dealkylation sites (N-methyl/N-ethyl adjacent to an activating group) is 1. The van der Waals surface area contributed by atoms with Gasteiger partial charge in [0.25, 0.3) is 0 Å². The van der Waals surface area contributed by atoms with E-state index in [1.165, 1.54) is 24.3 Å². The van der Waals surface area contributed by atoms with Crippen molar-refractivity contribution in [3.05, 3.63) is 18.0 Å². The van der Waals surface area contributed by atoms with Crippen LogP contribution in [-0.2, 0) is 15.1 Å². The number of rotatable bonds is 3. The first kappa shape index (κ1) is 14.2. The van der Waals surface area contributed by atoms with E-state index in [-0.39, 0.29) is 0 Å². The van der Waals surface area contributed by atoms with E-state index in [0.717, 1.165) is 0 Å². The number of carbonyl (C=O) groups is 2. The van der Waals surface area contributed by atoms with Gasteiger partial charge in [-0.05, 0) is 27.7 Å². The van der Waals surface area contributed by atoms with Crippen LogP contribution >= 0.6 is 0 Å². The van der Waals surface area contributed by atoms with Crippen molar-refractivity contribution in [3.8, 4) is 0 Å². The SMILES string of the molecule is CN(C(=O)OC(C)(C)C)C(C)(C=O)c1ccon1. The van der Waals surface area contributed by atoms with Gasteiger partial charge in [-0.1, -0.05) is 5.16 Å². The van der Waals surface area contributed by atoms with Crippen LogP contribution in [-0.4, -0.2) is 35.1 Å². The molecule has 0 radical (unpaired) electrons. The number of aromatic nitrogens is 1. The van der Waals surface area contributed by atoms with Crippen LogP contribution in [0.1, 0.15) is 33.4 Å². The topological polar surface area (TPSA) is 72.6 Å². The van der Waals surface area contributed by atoms with Gasteiger partial charge in [0.15, 0.2) is 6.29 Å². The fourth-order valence-electron chi connectivity index (χ4n) is 1.30. The molecule has 18 heavy (non-hydrogen) atoms. The van der Waals surface area contributed by atoms with Gasteiger partial charge in [-0.3, -0.25) is 4.90 Å². The minimum atomic E-state index is -1.21. The lowest BCUT2D eigenvalue weighted by Crippen LogP contribution is -2.48. The van der Waals surface area contributed by atoms with E-state index in [1.807, 2.05) is 0 Å². The highest BCUT2D eigenvalue weighted by Gasteiger charge is 2.38. The maximum absolute atomic E-state index is 11.9. The van der Waals surface area contributed by atoms with Crippen molar-refractivity contribution in [1.82, 2.24) is 10.1 Å². The van der Waals surface area contributed by atoms with Gasteiger partial charge < -0.3 is 14.1 Å². The summed E-state index contributed by atoms with van der Waals surface area (Å²) in [7, 11) is 1.48. The van der Waals surface area contributed by atoms with E-state index in [9.17, 15) is 9.59 Å². The Hall–Kier alpha value is -1.85. The molecule has 0 aliphatic rings. The van der Waals surface area contributed by atoms with Crippen LogP contribution in [0.25, 0.3) is 0 Å². The molecule has 0 saturated heterocycles. The lowest BCUT2D eigenvalue weighted by molar-refractivity contribution is -0.117. The zero-order valence-electron chi connectivity index (χ0n) is 11.3. The first-order valence-electron chi connectivity index (χ1n) is 5.55. The first-order valence-corrected chi connectivity index (χ1v) is 5.55. The number of carbonyl (C=O) groups excluding carboxylic acids is 2. The predicted molar refractivity (Wildman–Crippen MR) is 63.9 cm³/mol. The van der Waals surface area contributed by atoms with Crippen LogP contribution in [0.2, 0.25) is 0 Å². The fourth-order valence-corrected chi connectivity index (χ4v) is 1.30. The Labute approximate surface area is 106 Å². The van der Waals surface area contributed by atoms with Gasteiger partial charge in [0.2, 0.25) is 0 Å². The number of hydrogen-bond acceptors (Lipinski definition) is 5. The normalized spacial score (nSPS) is 14.7. The standard InChI is InChI=1S/C12H18N2O4/c1-11(2,3)18-10(16)14(5)12(4,8-15)9-6-7-17-13-9/h6-8H,1-5H3. The maximum atomic E-state index is 11.9. The lowest BCUT2D eigenvalue weighted by Gasteiger charge is -2.33. The Morgan fingerprint density at radius 2 is 2.06 bits per heavy atom. The average Bonchev–Trinajstić information content (AvgIpc) is 2.78. The fraction of sp³-hybridized carbons (Fsp3) is 0.583. The summed E-state index contributed by atoms with van der Waals surface area (Å²) in [6, 6.07) is 1.54. The Balaban J connectivity index is 2.96. The van der Waals surface area contributed by atoms with E-state index < -0.39 is 17.2 Å². The molecule has 0 bridgehead atoms. The summed E-state index contributed by atoms with van der Waals surface area (Å²) < 4.78 is 9.92. The second-order valence-electron chi connectivity index (χ2n) is 5.19. The van der Waals surface area contributed by atoms with E-state index in [4.69, 9.17) is 9.26 Å². The van der Waals surface area contributed by atoms with Gasteiger partial charge in [-0.2, -0.15) is 0 Å². The molecule has 1 aromatic heterocycles. The predicted octanol–water partition coefficient (Wildman–Crippen LogP) is 1.96. The molecule has 0 aliphatic heterocycles. The Kier molecular flexibility index (Phi) is 3.79.